The maximum absolute atomic E-state index is 10.8. The van der Waals surface area contributed by atoms with E-state index in [1.165, 1.54) is 6.92 Å². The number of hydrogen-bond donors (Lipinski definition) is 2. The Balaban J connectivity index is 2.89. The number of anilines is 1. The molecule has 4 nitrogen and oxygen atoms in total. The van der Waals surface area contributed by atoms with Gasteiger partial charge in [0.15, 0.2) is 0 Å². The Bertz CT molecular complexity index is 362. The van der Waals surface area contributed by atoms with Crippen molar-refractivity contribution >= 4 is 11.6 Å². The smallest absolute Gasteiger partial charge is 0.221 e. The summed E-state index contributed by atoms with van der Waals surface area (Å²) in [6, 6.07) is 5.04. The summed E-state index contributed by atoms with van der Waals surface area (Å²) in [4.78, 5) is 12.8. The highest BCUT2D eigenvalue weighted by Gasteiger charge is 2.04. The minimum Gasteiger partial charge on any atom is -0.508 e. The van der Waals surface area contributed by atoms with Crippen LogP contribution in [0.25, 0.3) is 0 Å². The van der Waals surface area contributed by atoms with E-state index in [-0.39, 0.29) is 11.7 Å². The van der Waals surface area contributed by atoms with Gasteiger partial charge in [-0.1, -0.05) is 0 Å². The first kappa shape index (κ1) is 11.5. The molecule has 0 saturated carbocycles. The summed E-state index contributed by atoms with van der Waals surface area (Å²) in [6.07, 6.45) is 0. The highest BCUT2D eigenvalue weighted by Crippen LogP contribution is 2.22. The topological polar surface area (TPSA) is 52.6 Å². The number of benzene rings is 1. The Labute approximate surface area is 89.5 Å². The molecule has 0 spiro atoms. The van der Waals surface area contributed by atoms with Crippen molar-refractivity contribution in [2.45, 2.75) is 13.5 Å². The lowest BCUT2D eigenvalue weighted by Gasteiger charge is -2.12. The number of hydrogen-bond acceptors (Lipinski definition) is 3. The molecule has 0 heterocycles. The molecule has 0 fully saturated rings. The van der Waals surface area contributed by atoms with Gasteiger partial charge >= 0.3 is 0 Å². The van der Waals surface area contributed by atoms with Gasteiger partial charge in [0.2, 0.25) is 5.91 Å². The van der Waals surface area contributed by atoms with Crippen molar-refractivity contribution in [2.24, 2.45) is 0 Å². The van der Waals surface area contributed by atoms with Crippen molar-refractivity contribution in [1.82, 2.24) is 4.90 Å². The van der Waals surface area contributed by atoms with Crippen LogP contribution in [0.3, 0.4) is 0 Å². The minimum atomic E-state index is -0.114. The van der Waals surface area contributed by atoms with E-state index in [0.29, 0.717) is 12.2 Å². The molecule has 0 saturated heterocycles. The average molecular weight is 208 g/mol. The van der Waals surface area contributed by atoms with Crippen molar-refractivity contribution in [3.63, 3.8) is 0 Å². The standard InChI is InChI=1S/C11H16N2O2/c1-8(14)12-10-4-5-11(15)9(6-10)7-13(2)3/h4-6,15H,7H2,1-3H3,(H,12,14). The van der Waals surface area contributed by atoms with E-state index in [2.05, 4.69) is 5.32 Å². The average Bonchev–Trinajstić information content (AvgIpc) is 2.09. The van der Waals surface area contributed by atoms with Crippen LogP contribution in [0.2, 0.25) is 0 Å². The number of carbonyl (C=O) groups excluding carboxylic acids is 1. The van der Waals surface area contributed by atoms with Crippen molar-refractivity contribution in [3.8, 4) is 5.75 Å². The third-order valence-electron chi connectivity index (χ3n) is 1.89. The second-order valence-electron chi connectivity index (χ2n) is 3.76. The molecular formula is C11H16N2O2. The van der Waals surface area contributed by atoms with Gasteiger partial charge < -0.3 is 15.3 Å². The van der Waals surface area contributed by atoms with Crippen molar-refractivity contribution in [1.29, 1.82) is 0 Å². The monoisotopic (exact) mass is 208 g/mol. The Morgan fingerprint density at radius 2 is 2.13 bits per heavy atom. The third-order valence-corrected chi connectivity index (χ3v) is 1.89. The zero-order valence-corrected chi connectivity index (χ0v) is 9.24. The van der Waals surface area contributed by atoms with Gasteiger partial charge in [0.05, 0.1) is 0 Å². The highest BCUT2D eigenvalue weighted by atomic mass is 16.3. The fourth-order valence-corrected chi connectivity index (χ4v) is 1.33. The van der Waals surface area contributed by atoms with Crippen LogP contribution in [0.1, 0.15) is 12.5 Å². The van der Waals surface area contributed by atoms with Crippen LogP contribution < -0.4 is 5.32 Å². The Morgan fingerprint density at radius 3 is 2.67 bits per heavy atom. The summed E-state index contributed by atoms with van der Waals surface area (Å²) in [7, 11) is 3.84. The molecule has 82 valence electrons. The largest absolute Gasteiger partial charge is 0.508 e. The number of aromatic hydroxyl groups is 1. The third kappa shape index (κ3) is 3.59. The molecule has 4 heteroatoms. The van der Waals surface area contributed by atoms with Crippen LogP contribution in [0.15, 0.2) is 18.2 Å². The van der Waals surface area contributed by atoms with E-state index < -0.39 is 0 Å². The van der Waals surface area contributed by atoms with Crippen LogP contribution in [-0.2, 0) is 11.3 Å². The molecule has 0 aliphatic heterocycles. The maximum atomic E-state index is 10.8. The predicted octanol–water partition coefficient (Wildman–Crippen LogP) is 1.41. The van der Waals surface area contributed by atoms with E-state index in [9.17, 15) is 9.90 Å². The number of phenolic OH excluding ortho intramolecular Hbond substituents is 1. The highest BCUT2D eigenvalue weighted by molar-refractivity contribution is 5.88. The van der Waals surface area contributed by atoms with Gasteiger partial charge in [0.1, 0.15) is 5.75 Å². The van der Waals surface area contributed by atoms with Gasteiger partial charge in [-0.25, -0.2) is 0 Å². The Morgan fingerprint density at radius 1 is 1.47 bits per heavy atom. The van der Waals surface area contributed by atoms with Gasteiger partial charge in [-0.05, 0) is 32.3 Å². The molecule has 0 aliphatic rings. The lowest BCUT2D eigenvalue weighted by Crippen LogP contribution is -2.11. The molecule has 1 amide bonds. The van der Waals surface area contributed by atoms with E-state index in [1.807, 2.05) is 19.0 Å². The molecule has 0 aliphatic carbocycles. The zero-order valence-electron chi connectivity index (χ0n) is 9.24. The molecule has 1 rings (SSSR count). The molecule has 0 bridgehead atoms. The molecule has 1 aromatic rings. The fourth-order valence-electron chi connectivity index (χ4n) is 1.33. The Kier molecular flexibility index (Phi) is 3.68. The summed E-state index contributed by atoms with van der Waals surface area (Å²) in [5.74, 6) is 0.134. The first-order valence-electron chi connectivity index (χ1n) is 4.73. The van der Waals surface area contributed by atoms with Crippen LogP contribution in [0.4, 0.5) is 5.69 Å². The van der Waals surface area contributed by atoms with Gasteiger partial charge in [-0.3, -0.25) is 4.79 Å². The number of nitrogens with zero attached hydrogens (tertiary/aromatic N) is 1. The number of rotatable bonds is 3. The summed E-state index contributed by atoms with van der Waals surface area (Å²) in [5, 5.41) is 12.3. The normalized spacial score (nSPS) is 10.4. The molecule has 15 heavy (non-hydrogen) atoms. The Hall–Kier alpha value is -1.55. The van der Waals surface area contributed by atoms with Gasteiger partial charge in [0.25, 0.3) is 0 Å². The molecule has 2 N–H and O–H groups in total. The molecule has 1 aromatic carbocycles. The van der Waals surface area contributed by atoms with Crippen LogP contribution in [0, 0.1) is 0 Å². The molecule has 0 aromatic heterocycles. The van der Waals surface area contributed by atoms with Gasteiger partial charge in [-0.15, -0.1) is 0 Å². The molecule has 0 atom stereocenters. The van der Waals surface area contributed by atoms with Gasteiger partial charge in [-0.2, -0.15) is 0 Å². The number of phenols is 1. The van der Waals surface area contributed by atoms with Crippen LogP contribution >= 0.6 is 0 Å². The lowest BCUT2D eigenvalue weighted by atomic mass is 10.1. The van der Waals surface area contributed by atoms with E-state index in [4.69, 9.17) is 0 Å². The zero-order chi connectivity index (χ0) is 11.4. The quantitative estimate of drug-likeness (QED) is 0.738. The first-order chi connectivity index (χ1) is 6.99. The van der Waals surface area contributed by atoms with E-state index in [1.54, 1.807) is 18.2 Å². The summed E-state index contributed by atoms with van der Waals surface area (Å²) >= 11 is 0. The lowest BCUT2D eigenvalue weighted by molar-refractivity contribution is -0.114. The first-order valence-corrected chi connectivity index (χ1v) is 4.73. The molecule has 0 radical (unpaired) electrons. The van der Waals surface area contributed by atoms with Crippen LogP contribution in [0.5, 0.6) is 5.75 Å². The van der Waals surface area contributed by atoms with Crippen LogP contribution in [-0.4, -0.2) is 30.0 Å². The van der Waals surface area contributed by atoms with E-state index in [0.717, 1.165) is 5.56 Å². The molecule has 0 unspecified atom stereocenters. The summed E-state index contributed by atoms with van der Waals surface area (Å²) < 4.78 is 0. The van der Waals surface area contributed by atoms with Crippen molar-refractivity contribution in [3.05, 3.63) is 23.8 Å². The number of carbonyl (C=O) groups is 1. The SMILES string of the molecule is CC(=O)Nc1ccc(O)c(CN(C)C)c1. The predicted molar refractivity (Wildman–Crippen MR) is 59.8 cm³/mol. The molecular weight excluding hydrogens is 192 g/mol. The van der Waals surface area contributed by atoms with Crippen molar-refractivity contribution < 1.29 is 9.90 Å². The van der Waals surface area contributed by atoms with Crippen molar-refractivity contribution in [2.75, 3.05) is 19.4 Å². The summed E-state index contributed by atoms with van der Waals surface area (Å²) in [6.45, 7) is 2.09. The minimum absolute atomic E-state index is 0.114. The fraction of sp³-hybridized carbons (Fsp3) is 0.364. The second-order valence-corrected chi connectivity index (χ2v) is 3.76. The second kappa shape index (κ2) is 4.79. The number of amides is 1. The number of nitrogens with one attached hydrogen (secondary N) is 1. The van der Waals surface area contributed by atoms with E-state index >= 15 is 0 Å². The van der Waals surface area contributed by atoms with Gasteiger partial charge in [0, 0.05) is 24.7 Å². The summed E-state index contributed by atoms with van der Waals surface area (Å²) in [5.41, 5.74) is 1.50. The maximum Gasteiger partial charge on any atom is 0.221 e.